The predicted molar refractivity (Wildman–Crippen MR) is 131 cm³/mol. The molecule has 33 heavy (non-hydrogen) atoms. The van der Waals surface area contributed by atoms with Crippen molar-refractivity contribution in [3.05, 3.63) is 114 Å². The summed E-state index contributed by atoms with van der Waals surface area (Å²) in [5.74, 6) is -1.08. The topological polar surface area (TPSA) is 75.6 Å². The van der Waals surface area contributed by atoms with E-state index in [0.29, 0.717) is 16.8 Å². The van der Waals surface area contributed by atoms with Crippen LogP contribution in [-0.2, 0) is 11.2 Å². The van der Waals surface area contributed by atoms with Crippen molar-refractivity contribution in [2.75, 3.05) is 5.32 Å². The summed E-state index contributed by atoms with van der Waals surface area (Å²) < 4.78 is 0. The molecule has 162 valence electrons. The number of carbonyl (C=O) groups excluding carboxylic acids is 3. The molecule has 1 N–H and O–H groups in total. The van der Waals surface area contributed by atoms with Gasteiger partial charge in [-0.1, -0.05) is 72.8 Å². The monoisotopic (exact) mass is 434 g/mol. The predicted octanol–water partition coefficient (Wildman–Crippen LogP) is 5.51. The minimum atomic E-state index is -0.493. The molecule has 0 aliphatic heterocycles. The number of nitrogens with zero attached hydrogens (tertiary/aromatic N) is 1. The van der Waals surface area contributed by atoms with Crippen LogP contribution in [0.5, 0.6) is 0 Å². The van der Waals surface area contributed by atoms with Gasteiger partial charge in [0.2, 0.25) is 0 Å². The maximum Gasteiger partial charge on any atom is 0.277 e. The Kier molecular flexibility index (Phi) is 6.51. The number of ketones is 1. The fraction of sp³-hybridized carbons (Fsp3) is 0.0714. The van der Waals surface area contributed by atoms with Gasteiger partial charge in [0.1, 0.15) is 5.71 Å². The molecule has 0 radical (unpaired) electrons. The van der Waals surface area contributed by atoms with E-state index < -0.39 is 11.8 Å². The van der Waals surface area contributed by atoms with Crippen LogP contribution >= 0.6 is 0 Å². The van der Waals surface area contributed by atoms with Gasteiger partial charge in [-0.15, -0.1) is 0 Å². The molecule has 0 bridgehead atoms. The lowest BCUT2D eigenvalue weighted by Crippen LogP contribution is -2.26. The van der Waals surface area contributed by atoms with Crippen molar-refractivity contribution in [2.45, 2.75) is 13.3 Å². The molecule has 5 heteroatoms. The minimum Gasteiger partial charge on any atom is -0.321 e. The van der Waals surface area contributed by atoms with Crippen LogP contribution in [0.3, 0.4) is 0 Å². The van der Waals surface area contributed by atoms with Crippen LogP contribution in [0, 0.1) is 0 Å². The zero-order valence-electron chi connectivity index (χ0n) is 18.1. The summed E-state index contributed by atoms with van der Waals surface area (Å²) in [6.07, 6.45) is 0.179. The van der Waals surface area contributed by atoms with Crippen molar-refractivity contribution in [2.24, 2.45) is 4.99 Å². The SMILES string of the molecule is CC(=O)c1cccc(NC(=O)C(Cc2cccc3ccccc23)=NC(=O)c2ccccc2)c1. The lowest BCUT2D eigenvalue weighted by molar-refractivity contribution is -0.110. The van der Waals surface area contributed by atoms with E-state index in [4.69, 9.17) is 0 Å². The number of hydrogen-bond acceptors (Lipinski definition) is 3. The van der Waals surface area contributed by atoms with Crippen molar-refractivity contribution in [1.29, 1.82) is 0 Å². The first kappa shape index (κ1) is 21.8. The zero-order chi connectivity index (χ0) is 23.2. The number of amides is 2. The van der Waals surface area contributed by atoms with E-state index in [0.717, 1.165) is 16.3 Å². The van der Waals surface area contributed by atoms with E-state index >= 15 is 0 Å². The Morgan fingerprint density at radius 2 is 1.42 bits per heavy atom. The summed E-state index contributed by atoms with van der Waals surface area (Å²) in [5.41, 5.74) is 2.33. The van der Waals surface area contributed by atoms with Gasteiger partial charge in [0, 0.05) is 23.2 Å². The molecule has 0 spiro atoms. The molecule has 0 aliphatic rings. The molecule has 0 aliphatic carbocycles. The van der Waals surface area contributed by atoms with Crippen LogP contribution in [0.4, 0.5) is 5.69 Å². The highest BCUT2D eigenvalue weighted by molar-refractivity contribution is 6.45. The molecule has 0 fully saturated rings. The van der Waals surface area contributed by atoms with E-state index in [1.54, 1.807) is 48.5 Å². The van der Waals surface area contributed by atoms with Gasteiger partial charge in [0.05, 0.1) is 0 Å². The number of nitrogens with one attached hydrogen (secondary N) is 1. The van der Waals surface area contributed by atoms with Gasteiger partial charge in [0.25, 0.3) is 11.8 Å². The molecule has 0 heterocycles. The van der Waals surface area contributed by atoms with Crippen LogP contribution in [0.1, 0.15) is 33.2 Å². The normalized spacial score (nSPS) is 11.2. The molecule has 4 rings (SSSR count). The van der Waals surface area contributed by atoms with E-state index in [-0.39, 0.29) is 17.9 Å². The van der Waals surface area contributed by atoms with Crippen molar-refractivity contribution in [3.63, 3.8) is 0 Å². The van der Waals surface area contributed by atoms with Gasteiger partial charge in [-0.2, -0.15) is 0 Å². The molecule has 0 saturated carbocycles. The van der Waals surface area contributed by atoms with Gasteiger partial charge >= 0.3 is 0 Å². The standard InChI is InChI=1S/C28H22N2O3/c1-19(31)22-13-8-15-24(17-22)29-28(33)26(30-27(32)21-10-3-2-4-11-21)18-23-14-7-12-20-9-5-6-16-25(20)23/h2-17H,18H2,1H3,(H,29,33). The Hall–Kier alpha value is -4.38. The summed E-state index contributed by atoms with van der Waals surface area (Å²) in [7, 11) is 0. The average Bonchev–Trinajstić information content (AvgIpc) is 2.84. The van der Waals surface area contributed by atoms with Gasteiger partial charge < -0.3 is 5.32 Å². The van der Waals surface area contributed by atoms with E-state index in [1.165, 1.54) is 6.92 Å². The van der Waals surface area contributed by atoms with E-state index in [9.17, 15) is 14.4 Å². The van der Waals surface area contributed by atoms with Crippen LogP contribution < -0.4 is 5.32 Å². The second kappa shape index (κ2) is 9.83. The van der Waals surface area contributed by atoms with Crippen LogP contribution in [0.15, 0.2) is 102 Å². The number of fused-ring (bicyclic) bond motifs is 1. The molecule has 4 aromatic rings. The number of benzene rings is 4. The minimum absolute atomic E-state index is 0.0911. The number of hydrogen-bond donors (Lipinski definition) is 1. The molecule has 0 saturated heterocycles. The zero-order valence-corrected chi connectivity index (χ0v) is 18.1. The van der Waals surface area contributed by atoms with Crippen molar-refractivity contribution in [1.82, 2.24) is 0 Å². The largest absolute Gasteiger partial charge is 0.321 e. The van der Waals surface area contributed by atoms with E-state index in [1.807, 2.05) is 48.5 Å². The Morgan fingerprint density at radius 1 is 0.758 bits per heavy atom. The first-order chi connectivity index (χ1) is 16.0. The number of anilines is 1. The van der Waals surface area contributed by atoms with Gasteiger partial charge in [0.15, 0.2) is 5.78 Å². The number of Topliss-reactive ketones (excluding diaryl/α,β-unsaturated/α-hetero) is 1. The van der Waals surface area contributed by atoms with Crippen LogP contribution in [-0.4, -0.2) is 23.3 Å². The summed E-state index contributed by atoms with van der Waals surface area (Å²) in [6.45, 7) is 1.47. The molecular formula is C28H22N2O3. The van der Waals surface area contributed by atoms with Crippen LogP contribution in [0.2, 0.25) is 0 Å². The third-order valence-corrected chi connectivity index (χ3v) is 5.28. The first-order valence-corrected chi connectivity index (χ1v) is 10.6. The third kappa shape index (κ3) is 5.28. The Labute approximate surface area is 191 Å². The summed E-state index contributed by atoms with van der Waals surface area (Å²) in [5, 5.41) is 4.82. The van der Waals surface area contributed by atoms with E-state index in [2.05, 4.69) is 10.3 Å². The first-order valence-electron chi connectivity index (χ1n) is 10.6. The summed E-state index contributed by atoms with van der Waals surface area (Å²) in [4.78, 5) is 41.9. The fourth-order valence-corrected chi connectivity index (χ4v) is 3.58. The van der Waals surface area contributed by atoms with Crippen LogP contribution in [0.25, 0.3) is 10.8 Å². The molecule has 4 aromatic carbocycles. The number of aliphatic imine (C=N–C) groups is 1. The van der Waals surface area contributed by atoms with Crippen molar-refractivity contribution in [3.8, 4) is 0 Å². The van der Waals surface area contributed by atoms with Gasteiger partial charge in [-0.3, -0.25) is 14.4 Å². The Bertz CT molecular complexity index is 1370. The van der Waals surface area contributed by atoms with Crippen molar-refractivity contribution >= 4 is 39.8 Å². The lowest BCUT2D eigenvalue weighted by Gasteiger charge is -2.11. The molecule has 0 unspecified atom stereocenters. The van der Waals surface area contributed by atoms with Gasteiger partial charge in [-0.25, -0.2) is 4.99 Å². The lowest BCUT2D eigenvalue weighted by atomic mass is 9.99. The number of rotatable bonds is 6. The average molecular weight is 434 g/mol. The Morgan fingerprint density at radius 3 is 2.21 bits per heavy atom. The molecule has 0 atom stereocenters. The van der Waals surface area contributed by atoms with Gasteiger partial charge in [-0.05, 0) is 47.5 Å². The second-order valence-corrected chi connectivity index (χ2v) is 7.64. The Balaban J connectivity index is 1.70. The highest BCUT2D eigenvalue weighted by Crippen LogP contribution is 2.20. The quantitative estimate of drug-likeness (QED) is 0.321. The highest BCUT2D eigenvalue weighted by atomic mass is 16.2. The summed E-state index contributed by atoms with van der Waals surface area (Å²) in [6, 6.07) is 29.0. The maximum absolute atomic E-state index is 13.2. The smallest absolute Gasteiger partial charge is 0.277 e. The summed E-state index contributed by atoms with van der Waals surface area (Å²) >= 11 is 0. The highest BCUT2D eigenvalue weighted by Gasteiger charge is 2.17. The molecule has 0 aromatic heterocycles. The molecular weight excluding hydrogens is 412 g/mol. The fourth-order valence-electron chi connectivity index (χ4n) is 3.58. The van der Waals surface area contributed by atoms with Crippen molar-refractivity contribution < 1.29 is 14.4 Å². The third-order valence-electron chi connectivity index (χ3n) is 5.28. The molecule has 5 nitrogen and oxygen atoms in total. The number of carbonyl (C=O) groups is 3. The second-order valence-electron chi connectivity index (χ2n) is 7.64. The maximum atomic E-state index is 13.2. The molecule has 2 amide bonds.